The van der Waals surface area contributed by atoms with Crippen LogP contribution >= 0.6 is 0 Å². The number of hydrogen-bond donors (Lipinski definition) is 1. The topological polar surface area (TPSA) is 80.3 Å². The van der Waals surface area contributed by atoms with Crippen LogP contribution in [0.3, 0.4) is 0 Å². The first-order chi connectivity index (χ1) is 13.3. The zero-order valence-electron chi connectivity index (χ0n) is 15.3. The van der Waals surface area contributed by atoms with Crippen LogP contribution in [0.4, 0.5) is 5.69 Å². The van der Waals surface area contributed by atoms with Crippen LogP contribution in [0.2, 0.25) is 0 Å². The minimum absolute atomic E-state index is 0.0282. The molecule has 0 aliphatic carbocycles. The van der Waals surface area contributed by atoms with Gasteiger partial charge in [-0.15, -0.1) is 0 Å². The number of ketones is 1. The van der Waals surface area contributed by atoms with Gasteiger partial charge in [-0.1, -0.05) is 24.3 Å². The standard InChI is InChI=1S/C22H17NO4S/c1-13-7-8-14(2)18(11-13)23-22(25)15-9-10-17-20(12-15)28(26,27)19-6-4-3-5-16(19)21(17)24/h3-12H,1-2H3,(H,23,25). The average molecular weight is 391 g/mol. The van der Waals surface area contributed by atoms with E-state index in [9.17, 15) is 18.0 Å². The van der Waals surface area contributed by atoms with E-state index in [-0.39, 0.29) is 32.3 Å². The van der Waals surface area contributed by atoms with Crippen LogP contribution in [-0.2, 0) is 9.84 Å². The van der Waals surface area contributed by atoms with E-state index in [1.54, 1.807) is 12.1 Å². The van der Waals surface area contributed by atoms with Gasteiger partial charge in [-0.2, -0.15) is 0 Å². The van der Waals surface area contributed by atoms with Gasteiger partial charge >= 0.3 is 0 Å². The van der Waals surface area contributed by atoms with Gasteiger partial charge in [0.25, 0.3) is 5.91 Å². The molecule has 0 radical (unpaired) electrons. The predicted molar refractivity (Wildman–Crippen MR) is 106 cm³/mol. The second-order valence-electron chi connectivity index (χ2n) is 6.81. The highest BCUT2D eigenvalue weighted by atomic mass is 32.2. The van der Waals surface area contributed by atoms with E-state index in [0.717, 1.165) is 11.1 Å². The van der Waals surface area contributed by atoms with Crippen molar-refractivity contribution in [1.29, 1.82) is 0 Å². The van der Waals surface area contributed by atoms with Crippen molar-refractivity contribution in [3.05, 3.63) is 88.5 Å². The second kappa shape index (κ2) is 6.42. The largest absolute Gasteiger partial charge is 0.322 e. The maximum Gasteiger partial charge on any atom is 0.255 e. The van der Waals surface area contributed by atoms with Crippen LogP contribution < -0.4 is 5.32 Å². The molecule has 6 heteroatoms. The molecule has 0 atom stereocenters. The van der Waals surface area contributed by atoms with Crippen LogP contribution in [0.1, 0.15) is 37.4 Å². The van der Waals surface area contributed by atoms with Gasteiger partial charge in [0.2, 0.25) is 9.84 Å². The zero-order valence-corrected chi connectivity index (χ0v) is 16.1. The summed E-state index contributed by atoms with van der Waals surface area (Å²) >= 11 is 0. The monoisotopic (exact) mass is 391 g/mol. The summed E-state index contributed by atoms with van der Waals surface area (Å²) in [6.07, 6.45) is 0. The molecule has 0 spiro atoms. The number of nitrogens with one attached hydrogen (secondary N) is 1. The van der Waals surface area contributed by atoms with Gasteiger partial charge in [-0.3, -0.25) is 9.59 Å². The molecule has 1 aliphatic rings. The number of carbonyl (C=O) groups excluding carboxylic acids is 2. The number of amides is 1. The minimum atomic E-state index is -3.88. The Labute approximate surface area is 162 Å². The van der Waals surface area contributed by atoms with Crippen LogP contribution in [0.15, 0.2) is 70.5 Å². The third kappa shape index (κ3) is 2.82. The van der Waals surface area contributed by atoms with E-state index < -0.39 is 15.7 Å². The molecule has 1 aliphatic heterocycles. The molecule has 0 bridgehead atoms. The lowest BCUT2D eigenvalue weighted by Gasteiger charge is -2.19. The number of hydrogen-bond acceptors (Lipinski definition) is 4. The van der Waals surface area contributed by atoms with E-state index in [4.69, 9.17) is 0 Å². The molecular weight excluding hydrogens is 374 g/mol. The van der Waals surface area contributed by atoms with E-state index in [2.05, 4.69) is 5.32 Å². The summed E-state index contributed by atoms with van der Waals surface area (Å²) in [6, 6.07) is 16.0. The van der Waals surface area contributed by atoms with Crippen molar-refractivity contribution in [3.63, 3.8) is 0 Å². The highest BCUT2D eigenvalue weighted by Crippen LogP contribution is 2.34. The summed E-state index contributed by atoms with van der Waals surface area (Å²) in [5.41, 5.74) is 2.97. The summed E-state index contributed by atoms with van der Waals surface area (Å²) in [5.74, 6) is -0.792. The van der Waals surface area contributed by atoms with Crippen LogP contribution in [-0.4, -0.2) is 20.1 Å². The molecule has 5 nitrogen and oxygen atoms in total. The van der Waals surface area contributed by atoms with Gasteiger partial charge in [0.1, 0.15) is 0 Å². The van der Waals surface area contributed by atoms with Crippen molar-refractivity contribution in [1.82, 2.24) is 0 Å². The quantitative estimate of drug-likeness (QED) is 0.561. The predicted octanol–water partition coefficient (Wildman–Crippen LogP) is 3.93. The lowest BCUT2D eigenvalue weighted by atomic mass is 10.0. The molecule has 0 aromatic heterocycles. The van der Waals surface area contributed by atoms with E-state index >= 15 is 0 Å². The van der Waals surface area contributed by atoms with Crippen molar-refractivity contribution in [2.24, 2.45) is 0 Å². The van der Waals surface area contributed by atoms with Crippen molar-refractivity contribution >= 4 is 27.2 Å². The number of rotatable bonds is 2. The Kier molecular flexibility index (Phi) is 4.16. The first kappa shape index (κ1) is 18.1. The molecule has 0 fully saturated rings. The number of fused-ring (bicyclic) bond motifs is 2. The Balaban J connectivity index is 1.77. The maximum atomic E-state index is 13.0. The summed E-state index contributed by atoms with van der Waals surface area (Å²) < 4.78 is 26.0. The van der Waals surface area contributed by atoms with E-state index in [0.29, 0.717) is 5.69 Å². The van der Waals surface area contributed by atoms with Crippen molar-refractivity contribution < 1.29 is 18.0 Å². The molecule has 0 unspecified atom stereocenters. The van der Waals surface area contributed by atoms with Gasteiger partial charge in [0, 0.05) is 22.4 Å². The van der Waals surface area contributed by atoms with Gasteiger partial charge in [-0.05, 0) is 61.4 Å². The minimum Gasteiger partial charge on any atom is -0.322 e. The molecule has 28 heavy (non-hydrogen) atoms. The molecule has 4 rings (SSSR count). The fraction of sp³-hybridized carbons (Fsp3) is 0.0909. The van der Waals surface area contributed by atoms with Gasteiger partial charge in [0.05, 0.1) is 9.79 Å². The van der Waals surface area contributed by atoms with Crippen LogP contribution in [0.25, 0.3) is 0 Å². The Hall–Kier alpha value is -3.25. The molecule has 0 saturated carbocycles. The number of aryl methyl sites for hydroxylation is 2. The molecule has 1 amide bonds. The molecule has 3 aromatic carbocycles. The smallest absolute Gasteiger partial charge is 0.255 e. The Morgan fingerprint density at radius 1 is 0.857 bits per heavy atom. The van der Waals surface area contributed by atoms with Crippen LogP contribution in [0.5, 0.6) is 0 Å². The number of benzene rings is 3. The summed E-state index contributed by atoms with van der Waals surface area (Å²) in [5, 5.41) is 2.81. The lowest BCUT2D eigenvalue weighted by molar-refractivity contribution is 0.101. The molecule has 1 N–H and O–H groups in total. The number of sulfone groups is 1. The summed E-state index contributed by atoms with van der Waals surface area (Å²) in [6.45, 7) is 3.80. The summed E-state index contributed by atoms with van der Waals surface area (Å²) in [7, 11) is -3.88. The highest BCUT2D eigenvalue weighted by molar-refractivity contribution is 7.91. The fourth-order valence-corrected chi connectivity index (χ4v) is 4.97. The average Bonchev–Trinajstić information content (AvgIpc) is 2.69. The highest BCUT2D eigenvalue weighted by Gasteiger charge is 2.35. The van der Waals surface area contributed by atoms with Crippen molar-refractivity contribution in [2.75, 3.05) is 5.32 Å². The van der Waals surface area contributed by atoms with Crippen molar-refractivity contribution in [2.45, 2.75) is 23.6 Å². The van der Waals surface area contributed by atoms with E-state index in [1.165, 1.54) is 30.3 Å². The lowest BCUT2D eigenvalue weighted by Crippen LogP contribution is -2.21. The van der Waals surface area contributed by atoms with Gasteiger partial charge in [0.15, 0.2) is 5.78 Å². The third-order valence-corrected chi connectivity index (χ3v) is 6.69. The SMILES string of the molecule is Cc1ccc(C)c(NC(=O)c2ccc3c(c2)S(=O)(=O)c2ccccc2C3=O)c1. The zero-order chi connectivity index (χ0) is 20.1. The second-order valence-corrected chi connectivity index (χ2v) is 8.70. The first-order valence-electron chi connectivity index (χ1n) is 8.70. The molecule has 0 saturated heterocycles. The normalized spacial score (nSPS) is 14.1. The van der Waals surface area contributed by atoms with Crippen molar-refractivity contribution in [3.8, 4) is 0 Å². The first-order valence-corrected chi connectivity index (χ1v) is 10.2. The van der Waals surface area contributed by atoms with Gasteiger partial charge in [-0.25, -0.2) is 8.42 Å². The van der Waals surface area contributed by atoms with Gasteiger partial charge < -0.3 is 5.32 Å². The Morgan fingerprint density at radius 2 is 1.57 bits per heavy atom. The Bertz CT molecular complexity index is 1260. The maximum absolute atomic E-state index is 13.0. The van der Waals surface area contributed by atoms with E-state index in [1.807, 2.05) is 32.0 Å². The molecule has 1 heterocycles. The fourth-order valence-electron chi connectivity index (χ4n) is 3.29. The number of carbonyl (C=O) groups is 2. The molecule has 140 valence electrons. The molecular formula is C22H17NO4S. The van der Waals surface area contributed by atoms with Crippen LogP contribution in [0, 0.1) is 13.8 Å². The molecule has 3 aromatic rings. The number of anilines is 1. The Morgan fingerprint density at radius 3 is 2.36 bits per heavy atom. The summed E-state index contributed by atoms with van der Waals surface area (Å²) in [4.78, 5) is 25.2. The third-order valence-electron chi connectivity index (χ3n) is 4.84.